The minimum atomic E-state index is -4.70. The van der Waals surface area contributed by atoms with E-state index in [4.69, 9.17) is 0 Å². The molecule has 1 N–H and O–H groups in total. The van der Waals surface area contributed by atoms with Crippen LogP contribution in [0, 0.1) is 0 Å². The van der Waals surface area contributed by atoms with Crippen molar-refractivity contribution >= 4 is 26.6 Å². The molecule has 0 unspecified atom stereocenters. The molecule has 1 heterocycles. The first-order valence-corrected chi connectivity index (χ1v) is 13.9. The van der Waals surface area contributed by atoms with Gasteiger partial charge in [-0.3, -0.25) is 9.29 Å². The first-order valence-electron chi connectivity index (χ1n) is 12.5. The number of para-hydroxylation sites is 1. The Balaban J connectivity index is 1.74. The van der Waals surface area contributed by atoms with Gasteiger partial charge in [0.25, 0.3) is 10.0 Å². The van der Waals surface area contributed by atoms with E-state index in [9.17, 15) is 26.7 Å². The Morgan fingerprint density at radius 3 is 2.12 bits per heavy atom. The molecule has 0 bridgehead atoms. The third-order valence-electron chi connectivity index (χ3n) is 6.57. The van der Waals surface area contributed by atoms with Gasteiger partial charge in [0.2, 0.25) is 0 Å². The Labute approximate surface area is 230 Å². The summed E-state index contributed by atoms with van der Waals surface area (Å²) >= 11 is 0. The average molecular weight is 563 g/mol. The van der Waals surface area contributed by atoms with Crippen molar-refractivity contribution < 1.29 is 26.7 Å². The molecule has 0 spiro atoms. The second kappa shape index (κ2) is 11.1. The highest BCUT2D eigenvalue weighted by molar-refractivity contribution is 7.92. The molecule has 4 aromatic carbocycles. The second-order valence-electron chi connectivity index (χ2n) is 9.19. The molecule has 9 heteroatoms. The lowest BCUT2D eigenvalue weighted by Crippen LogP contribution is -2.34. The molecule has 0 saturated carbocycles. The largest absolute Gasteiger partial charge is 0.418 e. The maximum absolute atomic E-state index is 14.2. The van der Waals surface area contributed by atoms with Gasteiger partial charge in [-0.25, -0.2) is 8.42 Å². The van der Waals surface area contributed by atoms with Gasteiger partial charge in [0.1, 0.15) is 0 Å². The quantitative estimate of drug-likeness (QED) is 0.229. The van der Waals surface area contributed by atoms with Gasteiger partial charge in [-0.2, -0.15) is 13.2 Å². The first-order chi connectivity index (χ1) is 19.2. The van der Waals surface area contributed by atoms with Gasteiger partial charge in [0.05, 0.1) is 34.8 Å². The highest BCUT2D eigenvalue weighted by Crippen LogP contribution is 2.40. The van der Waals surface area contributed by atoms with Crippen LogP contribution in [0.3, 0.4) is 0 Å². The Morgan fingerprint density at radius 2 is 1.45 bits per heavy atom. The molecular weight excluding hydrogens is 537 g/mol. The van der Waals surface area contributed by atoms with Gasteiger partial charge in [-0.15, -0.1) is 0 Å². The standard InChI is InChI=1S/C31H25F3N2O3S/c32-31(33,34)28-16-8-15-27-29(28)35-21-25(19-22-9-3-1-4-10-22)30(27)36(17-18-37)40(38,39)26-14-7-13-24(20-26)23-11-5-2-6-12-23/h1-16,20-21,37H,17-19H2. The van der Waals surface area contributed by atoms with E-state index in [-0.39, 0.29) is 34.5 Å². The molecule has 0 aliphatic rings. The predicted molar refractivity (Wildman–Crippen MR) is 149 cm³/mol. The van der Waals surface area contributed by atoms with E-state index in [2.05, 4.69) is 4.98 Å². The van der Waals surface area contributed by atoms with E-state index < -0.39 is 28.4 Å². The number of rotatable bonds is 8. The summed E-state index contributed by atoms with van der Waals surface area (Å²) in [7, 11) is -4.34. The van der Waals surface area contributed by atoms with Crippen LogP contribution in [0.2, 0.25) is 0 Å². The summed E-state index contributed by atoms with van der Waals surface area (Å²) in [5.41, 5.74) is 1.43. The fraction of sp³-hybridized carbons (Fsp3) is 0.129. The minimum absolute atomic E-state index is 0.0273. The zero-order chi connectivity index (χ0) is 28.3. The SMILES string of the molecule is O=S(=O)(c1cccc(-c2ccccc2)c1)N(CCO)c1c(Cc2ccccc2)cnc2c(C(F)(F)F)cccc12. The number of hydrogen-bond acceptors (Lipinski definition) is 4. The summed E-state index contributed by atoms with van der Waals surface area (Å²) in [6.45, 7) is -0.916. The second-order valence-corrected chi connectivity index (χ2v) is 11.1. The van der Waals surface area contributed by atoms with Crippen molar-refractivity contribution in [3.63, 3.8) is 0 Å². The van der Waals surface area contributed by atoms with Crippen molar-refractivity contribution in [3.05, 3.63) is 126 Å². The molecule has 5 rings (SSSR count). The van der Waals surface area contributed by atoms with Crippen LogP contribution in [0.4, 0.5) is 18.9 Å². The van der Waals surface area contributed by atoms with Crippen molar-refractivity contribution in [2.75, 3.05) is 17.5 Å². The third-order valence-corrected chi connectivity index (χ3v) is 8.36. The lowest BCUT2D eigenvalue weighted by Gasteiger charge is -2.28. The summed E-state index contributed by atoms with van der Waals surface area (Å²) in [4.78, 5) is 4.10. The van der Waals surface area contributed by atoms with Crippen LogP contribution >= 0.6 is 0 Å². The van der Waals surface area contributed by atoms with Crippen molar-refractivity contribution in [2.45, 2.75) is 17.5 Å². The minimum Gasteiger partial charge on any atom is -0.394 e. The molecule has 0 aliphatic heterocycles. The van der Waals surface area contributed by atoms with Crippen LogP contribution in [0.15, 0.2) is 114 Å². The summed E-state index contributed by atoms with van der Waals surface area (Å²) in [6, 6.07) is 28.3. The summed E-state index contributed by atoms with van der Waals surface area (Å²) in [5.74, 6) is 0. The van der Waals surface area contributed by atoms with E-state index >= 15 is 0 Å². The normalized spacial score (nSPS) is 12.0. The van der Waals surface area contributed by atoms with E-state index in [0.29, 0.717) is 11.1 Å². The molecule has 40 heavy (non-hydrogen) atoms. The number of alkyl halides is 3. The number of halogens is 3. The van der Waals surface area contributed by atoms with Gasteiger partial charge in [-0.05, 0) is 40.5 Å². The van der Waals surface area contributed by atoms with Crippen LogP contribution in [0.1, 0.15) is 16.7 Å². The Morgan fingerprint density at radius 1 is 0.800 bits per heavy atom. The topological polar surface area (TPSA) is 70.5 Å². The molecule has 0 saturated heterocycles. The maximum Gasteiger partial charge on any atom is 0.418 e. The van der Waals surface area contributed by atoms with Gasteiger partial charge < -0.3 is 5.11 Å². The van der Waals surface area contributed by atoms with E-state index in [1.165, 1.54) is 30.5 Å². The average Bonchev–Trinajstić information content (AvgIpc) is 2.96. The van der Waals surface area contributed by atoms with Gasteiger partial charge in [0, 0.05) is 18.0 Å². The molecular formula is C31H25F3N2O3S. The zero-order valence-electron chi connectivity index (χ0n) is 21.2. The summed E-state index contributed by atoms with van der Waals surface area (Å²) in [5, 5.41) is 10.0. The fourth-order valence-electron chi connectivity index (χ4n) is 4.76. The van der Waals surface area contributed by atoms with E-state index in [1.54, 1.807) is 12.1 Å². The third kappa shape index (κ3) is 5.43. The molecule has 0 radical (unpaired) electrons. The van der Waals surface area contributed by atoms with Gasteiger partial charge in [0.15, 0.2) is 0 Å². The smallest absolute Gasteiger partial charge is 0.394 e. The monoisotopic (exact) mass is 562 g/mol. The molecule has 0 atom stereocenters. The van der Waals surface area contributed by atoms with Crippen molar-refractivity contribution in [1.29, 1.82) is 0 Å². The van der Waals surface area contributed by atoms with Gasteiger partial charge in [-0.1, -0.05) is 84.9 Å². The predicted octanol–water partition coefficient (Wildman–Crippen LogP) is 6.70. The number of anilines is 1. The highest BCUT2D eigenvalue weighted by Gasteiger charge is 2.35. The van der Waals surface area contributed by atoms with Gasteiger partial charge >= 0.3 is 6.18 Å². The molecule has 1 aromatic heterocycles. The molecule has 0 amide bonds. The Hall–Kier alpha value is -4.21. The molecule has 5 aromatic rings. The highest BCUT2D eigenvalue weighted by atomic mass is 32.2. The maximum atomic E-state index is 14.2. The van der Waals surface area contributed by atoms with E-state index in [1.807, 2.05) is 60.7 Å². The number of nitrogens with zero attached hydrogens (tertiary/aromatic N) is 2. The number of aliphatic hydroxyl groups excluding tert-OH is 1. The number of aliphatic hydroxyl groups is 1. The first kappa shape index (κ1) is 27.4. The van der Waals surface area contributed by atoms with Crippen molar-refractivity contribution in [1.82, 2.24) is 4.98 Å². The Kier molecular flexibility index (Phi) is 7.60. The molecule has 204 valence electrons. The van der Waals surface area contributed by atoms with Crippen LogP contribution in [-0.2, 0) is 22.6 Å². The fourth-order valence-corrected chi connectivity index (χ4v) is 6.31. The number of sulfonamides is 1. The number of hydrogen-bond donors (Lipinski definition) is 1. The number of pyridine rings is 1. The van der Waals surface area contributed by atoms with Crippen molar-refractivity contribution in [3.8, 4) is 11.1 Å². The van der Waals surface area contributed by atoms with Crippen molar-refractivity contribution in [2.24, 2.45) is 0 Å². The number of aromatic nitrogens is 1. The van der Waals surface area contributed by atoms with Crippen LogP contribution in [0.25, 0.3) is 22.0 Å². The number of fused-ring (bicyclic) bond motifs is 1. The zero-order valence-corrected chi connectivity index (χ0v) is 22.0. The molecule has 5 nitrogen and oxygen atoms in total. The summed E-state index contributed by atoms with van der Waals surface area (Å²) < 4.78 is 71.2. The molecule has 0 aliphatic carbocycles. The lowest BCUT2D eigenvalue weighted by atomic mass is 10.0. The Bertz CT molecular complexity index is 1740. The van der Waals surface area contributed by atoms with Crippen LogP contribution in [0.5, 0.6) is 0 Å². The van der Waals surface area contributed by atoms with Crippen LogP contribution < -0.4 is 4.31 Å². The van der Waals surface area contributed by atoms with E-state index in [0.717, 1.165) is 21.5 Å². The molecule has 0 fully saturated rings. The summed E-state index contributed by atoms with van der Waals surface area (Å²) in [6.07, 6.45) is -3.19. The van der Waals surface area contributed by atoms with Crippen LogP contribution in [-0.4, -0.2) is 31.7 Å². The lowest BCUT2D eigenvalue weighted by molar-refractivity contribution is -0.136. The number of benzene rings is 4.